The number of amides is 1. The highest BCUT2D eigenvalue weighted by molar-refractivity contribution is 7.89. The second-order valence-corrected chi connectivity index (χ2v) is 8.82. The third-order valence-corrected chi connectivity index (χ3v) is 7.21. The summed E-state index contributed by atoms with van der Waals surface area (Å²) in [6.45, 7) is 2.00. The Balaban J connectivity index is 1.88. The number of carbonyl (C=O) groups is 1. The third-order valence-electron chi connectivity index (χ3n) is 5.15. The van der Waals surface area contributed by atoms with Crippen LogP contribution in [0.5, 0.6) is 17.2 Å². The molecule has 1 fully saturated rings. The van der Waals surface area contributed by atoms with Crippen molar-refractivity contribution in [3.8, 4) is 17.2 Å². The van der Waals surface area contributed by atoms with Crippen molar-refractivity contribution >= 4 is 21.6 Å². The monoisotopic (exact) mass is 434 g/mol. The molecule has 1 atom stereocenters. The van der Waals surface area contributed by atoms with Crippen LogP contribution in [0.15, 0.2) is 41.3 Å². The van der Waals surface area contributed by atoms with Crippen LogP contribution in [0.25, 0.3) is 0 Å². The van der Waals surface area contributed by atoms with Crippen molar-refractivity contribution in [1.29, 1.82) is 0 Å². The largest absolute Gasteiger partial charge is 0.497 e. The molecule has 1 amide bonds. The van der Waals surface area contributed by atoms with E-state index in [1.165, 1.54) is 31.7 Å². The highest BCUT2D eigenvalue weighted by Gasteiger charge is 2.40. The van der Waals surface area contributed by atoms with E-state index in [4.69, 9.17) is 14.2 Å². The summed E-state index contributed by atoms with van der Waals surface area (Å²) in [4.78, 5) is 13.1. The standard InChI is InChI=1S/C21H26N2O6S/c1-14-7-8-16(28-3)13-20(14)30(25,26)23-11-5-6-18(23)21(24)22-17-10-9-15(27-2)12-19(17)29-4/h7-10,12-13,18H,5-6,11H2,1-4H3,(H,22,24). The highest BCUT2D eigenvalue weighted by Crippen LogP contribution is 2.33. The van der Waals surface area contributed by atoms with Crippen LogP contribution in [0.4, 0.5) is 5.69 Å². The van der Waals surface area contributed by atoms with Crippen molar-refractivity contribution in [2.45, 2.75) is 30.7 Å². The lowest BCUT2D eigenvalue weighted by molar-refractivity contribution is -0.119. The molecule has 1 heterocycles. The molecule has 1 saturated heterocycles. The lowest BCUT2D eigenvalue weighted by Crippen LogP contribution is -2.43. The number of hydrogen-bond donors (Lipinski definition) is 1. The number of anilines is 1. The first kappa shape index (κ1) is 21.9. The molecular weight excluding hydrogens is 408 g/mol. The molecule has 1 unspecified atom stereocenters. The fraction of sp³-hybridized carbons (Fsp3) is 0.381. The molecule has 0 aromatic heterocycles. The number of carbonyl (C=O) groups excluding carboxylic acids is 1. The molecular formula is C21H26N2O6S. The Morgan fingerprint density at radius 2 is 1.70 bits per heavy atom. The maximum atomic E-state index is 13.3. The summed E-state index contributed by atoms with van der Waals surface area (Å²) >= 11 is 0. The first-order valence-electron chi connectivity index (χ1n) is 9.51. The SMILES string of the molecule is COc1ccc(NC(=O)C2CCCN2S(=O)(=O)c2cc(OC)ccc2C)c(OC)c1. The number of ether oxygens (including phenoxy) is 3. The maximum Gasteiger partial charge on any atom is 0.244 e. The summed E-state index contributed by atoms with van der Waals surface area (Å²) in [7, 11) is 0.633. The summed E-state index contributed by atoms with van der Waals surface area (Å²) in [6, 6.07) is 9.09. The topological polar surface area (TPSA) is 94.2 Å². The minimum absolute atomic E-state index is 0.142. The molecule has 9 heteroatoms. The van der Waals surface area contributed by atoms with Gasteiger partial charge >= 0.3 is 0 Å². The van der Waals surface area contributed by atoms with Crippen LogP contribution < -0.4 is 19.5 Å². The van der Waals surface area contributed by atoms with Gasteiger partial charge < -0.3 is 19.5 Å². The number of methoxy groups -OCH3 is 3. The van der Waals surface area contributed by atoms with Crippen LogP contribution in [-0.4, -0.2) is 52.5 Å². The van der Waals surface area contributed by atoms with E-state index in [1.807, 2.05) is 0 Å². The van der Waals surface area contributed by atoms with Crippen molar-refractivity contribution < 1.29 is 27.4 Å². The van der Waals surface area contributed by atoms with Gasteiger partial charge in [-0.25, -0.2) is 8.42 Å². The van der Waals surface area contributed by atoms with E-state index in [1.54, 1.807) is 37.3 Å². The molecule has 0 radical (unpaired) electrons. The van der Waals surface area contributed by atoms with Gasteiger partial charge in [0.05, 0.1) is 31.9 Å². The van der Waals surface area contributed by atoms with Gasteiger partial charge in [0.2, 0.25) is 15.9 Å². The van der Waals surface area contributed by atoms with Crippen molar-refractivity contribution in [1.82, 2.24) is 4.31 Å². The second-order valence-electron chi connectivity index (χ2n) is 6.96. The zero-order chi connectivity index (χ0) is 21.9. The molecule has 0 aliphatic carbocycles. The van der Waals surface area contributed by atoms with Crippen molar-refractivity contribution in [2.24, 2.45) is 0 Å². The fourth-order valence-corrected chi connectivity index (χ4v) is 5.42. The molecule has 1 N–H and O–H groups in total. The number of nitrogens with zero attached hydrogens (tertiary/aromatic N) is 1. The van der Waals surface area contributed by atoms with Crippen molar-refractivity contribution in [2.75, 3.05) is 33.2 Å². The molecule has 0 saturated carbocycles. The molecule has 1 aliphatic rings. The van der Waals surface area contributed by atoms with Gasteiger partial charge in [-0.1, -0.05) is 6.07 Å². The van der Waals surface area contributed by atoms with E-state index in [9.17, 15) is 13.2 Å². The molecule has 0 spiro atoms. The summed E-state index contributed by atoms with van der Waals surface area (Å²) in [6.07, 6.45) is 1.03. The van der Waals surface area contributed by atoms with E-state index in [2.05, 4.69) is 5.32 Å². The molecule has 162 valence electrons. The van der Waals surface area contributed by atoms with E-state index >= 15 is 0 Å². The molecule has 3 rings (SSSR count). The summed E-state index contributed by atoms with van der Waals surface area (Å²) in [5.41, 5.74) is 1.05. The summed E-state index contributed by atoms with van der Waals surface area (Å²) < 4.78 is 43.6. The van der Waals surface area contributed by atoms with Gasteiger partial charge in [0.15, 0.2) is 0 Å². The maximum absolute atomic E-state index is 13.3. The zero-order valence-electron chi connectivity index (χ0n) is 17.5. The van der Waals surface area contributed by atoms with E-state index in [-0.39, 0.29) is 11.4 Å². The Hall–Kier alpha value is -2.78. The Kier molecular flexibility index (Phi) is 6.52. The van der Waals surface area contributed by atoms with Crippen LogP contribution in [0.1, 0.15) is 18.4 Å². The van der Waals surface area contributed by atoms with Gasteiger partial charge in [-0.05, 0) is 43.5 Å². The van der Waals surface area contributed by atoms with Gasteiger partial charge in [-0.15, -0.1) is 0 Å². The summed E-state index contributed by atoms with van der Waals surface area (Å²) in [5.74, 6) is 1.06. The number of sulfonamides is 1. The molecule has 30 heavy (non-hydrogen) atoms. The number of aryl methyl sites for hydroxylation is 1. The van der Waals surface area contributed by atoms with Gasteiger partial charge in [-0.2, -0.15) is 4.31 Å². The van der Waals surface area contributed by atoms with E-state index in [0.717, 1.165) is 0 Å². The predicted molar refractivity (Wildman–Crippen MR) is 113 cm³/mol. The highest BCUT2D eigenvalue weighted by atomic mass is 32.2. The van der Waals surface area contributed by atoms with Crippen molar-refractivity contribution in [3.63, 3.8) is 0 Å². The van der Waals surface area contributed by atoms with Gasteiger partial charge in [0.1, 0.15) is 23.3 Å². The smallest absolute Gasteiger partial charge is 0.244 e. The first-order valence-corrected chi connectivity index (χ1v) is 10.9. The van der Waals surface area contributed by atoms with Gasteiger partial charge in [0.25, 0.3) is 0 Å². The Morgan fingerprint density at radius 3 is 2.37 bits per heavy atom. The van der Waals surface area contributed by atoms with Crippen LogP contribution in [0.3, 0.4) is 0 Å². The second kappa shape index (κ2) is 8.93. The number of hydrogen-bond acceptors (Lipinski definition) is 6. The van der Waals surface area contributed by atoms with Crippen molar-refractivity contribution in [3.05, 3.63) is 42.0 Å². The average molecular weight is 435 g/mol. The van der Waals surface area contributed by atoms with Crippen LogP contribution in [0, 0.1) is 6.92 Å². The van der Waals surface area contributed by atoms with Crippen LogP contribution in [0.2, 0.25) is 0 Å². The lowest BCUT2D eigenvalue weighted by Gasteiger charge is -2.24. The zero-order valence-corrected chi connectivity index (χ0v) is 18.3. The molecule has 0 bridgehead atoms. The molecule has 1 aliphatic heterocycles. The fourth-order valence-electron chi connectivity index (χ4n) is 3.52. The molecule has 2 aromatic rings. The minimum atomic E-state index is -3.87. The van der Waals surface area contributed by atoms with E-state index < -0.39 is 22.0 Å². The number of rotatable bonds is 7. The Labute approximate surface area is 176 Å². The molecule has 8 nitrogen and oxygen atoms in total. The van der Waals surface area contributed by atoms with E-state index in [0.29, 0.717) is 41.3 Å². The normalized spacial score (nSPS) is 16.9. The number of benzene rings is 2. The quantitative estimate of drug-likeness (QED) is 0.720. The predicted octanol–water partition coefficient (Wildman–Crippen LogP) is 2.81. The van der Waals surface area contributed by atoms with Crippen LogP contribution in [-0.2, 0) is 14.8 Å². The number of nitrogens with one attached hydrogen (secondary N) is 1. The Morgan fingerprint density at radius 1 is 1.03 bits per heavy atom. The molecule has 2 aromatic carbocycles. The Bertz CT molecular complexity index is 1040. The van der Waals surface area contributed by atoms with Gasteiger partial charge in [0, 0.05) is 18.7 Å². The van der Waals surface area contributed by atoms with Crippen LogP contribution >= 0.6 is 0 Å². The average Bonchev–Trinajstić information content (AvgIpc) is 3.25. The summed E-state index contributed by atoms with van der Waals surface area (Å²) in [5, 5.41) is 2.80. The third kappa shape index (κ3) is 4.22. The lowest BCUT2D eigenvalue weighted by atomic mass is 10.2. The van der Waals surface area contributed by atoms with Gasteiger partial charge in [-0.3, -0.25) is 4.79 Å². The first-order chi connectivity index (χ1) is 14.3. The minimum Gasteiger partial charge on any atom is -0.497 e.